The Morgan fingerprint density at radius 2 is 2.00 bits per heavy atom. The highest BCUT2D eigenvalue weighted by Crippen LogP contribution is 2.32. The van der Waals surface area contributed by atoms with E-state index in [1.165, 1.54) is 13.0 Å². The zero-order chi connectivity index (χ0) is 17.6. The Kier molecular flexibility index (Phi) is 7.64. The summed E-state index contributed by atoms with van der Waals surface area (Å²) in [6.45, 7) is 6.82. The number of ether oxygens (including phenoxy) is 2. The second-order valence-corrected chi connectivity index (χ2v) is 6.58. The van der Waals surface area contributed by atoms with Crippen LogP contribution < -0.4 is 4.74 Å². The molecule has 7 heteroatoms. The van der Waals surface area contributed by atoms with Gasteiger partial charge in [-0.25, -0.2) is 9.59 Å². The number of aldehydes is 1. The molecule has 1 rings (SSSR count). The van der Waals surface area contributed by atoms with Crippen LogP contribution in [-0.2, 0) is 14.3 Å². The van der Waals surface area contributed by atoms with Crippen LogP contribution in [0.25, 0.3) is 0 Å². The average Bonchev–Trinajstić information content (AvgIpc) is 2.48. The number of hydrogen-bond donors (Lipinski definition) is 0. The smallest absolute Gasteiger partial charge is 0.352 e. The first-order valence-corrected chi connectivity index (χ1v) is 8.41. The first kappa shape index (κ1) is 19.6. The molecule has 0 bridgehead atoms. The first-order chi connectivity index (χ1) is 10.8. The summed E-state index contributed by atoms with van der Waals surface area (Å²) in [5, 5.41) is 0. The SMILES string of the molecule is C=C(C)C(=O)OC(CCC)C(=O)Oc1c(Br)cc(Br)cc1C=O. The third-order valence-corrected chi connectivity index (χ3v) is 3.83. The molecule has 0 aromatic heterocycles. The molecule has 23 heavy (non-hydrogen) atoms. The standard InChI is InChI=1S/C16H16Br2O5/c1-4-5-13(22-15(20)9(2)3)16(21)23-14-10(8-19)6-11(17)7-12(14)18/h6-8,13H,2,4-5H2,1,3H3. The minimum Gasteiger partial charge on any atom is -0.447 e. The highest BCUT2D eigenvalue weighted by Gasteiger charge is 2.26. The average molecular weight is 448 g/mol. The van der Waals surface area contributed by atoms with Gasteiger partial charge in [-0.05, 0) is 41.4 Å². The molecule has 0 aliphatic rings. The van der Waals surface area contributed by atoms with Gasteiger partial charge in [0.25, 0.3) is 0 Å². The summed E-state index contributed by atoms with van der Waals surface area (Å²) in [4.78, 5) is 35.1. The van der Waals surface area contributed by atoms with Gasteiger partial charge >= 0.3 is 11.9 Å². The molecule has 0 N–H and O–H groups in total. The highest BCUT2D eigenvalue weighted by atomic mass is 79.9. The van der Waals surface area contributed by atoms with Crippen molar-refractivity contribution in [2.45, 2.75) is 32.8 Å². The molecule has 0 radical (unpaired) electrons. The van der Waals surface area contributed by atoms with Gasteiger partial charge in [-0.2, -0.15) is 0 Å². The summed E-state index contributed by atoms with van der Waals surface area (Å²) in [7, 11) is 0. The Labute approximate surface area is 151 Å². The van der Waals surface area contributed by atoms with Gasteiger partial charge in [0.1, 0.15) is 0 Å². The lowest BCUT2D eigenvalue weighted by molar-refractivity contribution is -0.160. The lowest BCUT2D eigenvalue weighted by Crippen LogP contribution is -2.31. The predicted octanol–water partition coefficient (Wildman–Crippen LogP) is 4.22. The van der Waals surface area contributed by atoms with Gasteiger partial charge in [-0.1, -0.05) is 35.9 Å². The van der Waals surface area contributed by atoms with E-state index in [9.17, 15) is 14.4 Å². The van der Waals surface area contributed by atoms with E-state index in [0.717, 1.165) is 0 Å². The molecule has 1 atom stereocenters. The Hall–Kier alpha value is -1.47. The van der Waals surface area contributed by atoms with Crippen molar-refractivity contribution < 1.29 is 23.9 Å². The van der Waals surface area contributed by atoms with Crippen molar-refractivity contribution in [1.82, 2.24) is 0 Å². The zero-order valence-corrected chi connectivity index (χ0v) is 15.9. The molecule has 0 fully saturated rings. The van der Waals surface area contributed by atoms with Gasteiger partial charge in [0.2, 0.25) is 0 Å². The van der Waals surface area contributed by atoms with Crippen LogP contribution in [0.15, 0.2) is 33.2 Å². The molecule has 1 aromatic carbocycles. The Morgan fingerprint density at radius 3 is 2.52 bits per heavy atom. The number of hydrogen-bond acceptors (Lipinski definition) is 5. The van der Waals surface area contributed by atoms with Crippen molar-refractivity contribution in [3.63, 3.8) is 0 Å². The molecule has 1 aromatic rings. The second-order valence-electron chi connectivity index (χ2n) is 4.81. The molecule has 0 aliphatic heterocycles. The first-order valence-electron chi connectivity index (χ1n) is 6.82. The van der Waals surface area contributed by atoms with Crippen molar-refractivity contribution >= 4 is 50.1 Å². The Balaban J connectivity index is 3.01. The summed E-state index contributed by atoms with van der Waals surface area (Å²) < 4.78 is 11.5. The van der Waals surface area contributed by atoms with Gasteiger partial charge < -0.3 is 9.47 Å². The summed E-state index contributed by atoms with van der Waals surface area (Å²) in [6, 6.07) is 3.17. The van der Waals surface area contributed by atoms with Crippen LogP contribution in [0.3, 0.4) is 0 Å². The number of carbonyl (C=O) groups excluding carboxylic acids is 3. The molecule has 0 saturated carbocycles. The molecule has 0 aliphatic carbocycles. The maximum atomic E-state index is 12.3. The monoisotopic (exact) mass is 446 g/mol. The van der Waals surface area contributed by atoms with E-state index in [2.05, 4.69) is 38.4 Å². The number of carbonyl (C=O) groups is 3. The van der Waals surface area contributed by atoms with E-state index in [0.29, 0.717) is 28.1 Å². The fraction of sp³-hybridized carbons (Fsp3) is 0.312. The molecule has 0 spiro atoms. The quantitative estimate of drug-likeness (QED) is 0.271. The van der Waals surface area contributed by atoms with Crippen molar-refractivity contribution in [3.05, 3.63) is 38.8 Å². The van der Waals surface area contributed by atoms with Crippen molar-refractivity contribution in [2.75, 3.05) is 0 Å². The molecule has 0 amide bonds. The topological polar surface area (TPSA) is 69.7 Å². The second kappa shape index (κ2) is 8.98. The summed E-state index contributed by atoms with van der Waals surface area (Å²) in [5.74, 6) is -1.32. The number of esters is 2. The van der Waals surface area contributed by atoms with Crippen molar-refractivity contribution in [1.29, 1.82) is 0 Å². The lowest BCUT2D eigenvalue weighted by Gasteiger charge is -2.17. The summed E-state index contributed by atoms with van der Waals surface area (Å²) in [6.07, 6.45) is 0.444. The number of rotatable bonds is 7. The molecule has 124 valence electrons. The molecule has 0 heterocycles. The number of halogens is 2. The van der Waals surface area contributed by atoms with Gasteiger partial charge in [0.15, 0.2) is 18.1 Å². The number of benzene rings is 1. The fourth-order valence-electron chi connectivity index (χ4n) is 1.66. The van der Waals surface area contributed by atoms with E-state index in [1.807, 2.05) is 6.92 Å². The van der Waals surface area contributed by atoms with E-state index in [1.54, 1.807) is 6.07 Å². The van der Waals surface area contributed by atoms with Crippen LogP contribution in [-0.4, -0.2) is 24.3 Å². The lowest BCUT2D eigenvalue weighted by atomic mass is 10.2. The van der Waals surface area contributed by atoms with Crippen LogP contribution in [0.5, 0.6) is 5.75 Å². The highest BCUT2D eigenvalue weighted by molar-refractivity contribution is 9.11. The minimum absolute atomic E-state index is 0.0840. The Morgan fingerprint density at radius 1 is 1.35 bits per heavy atom. The van der Waals surface area contributed by atoms with E-state index >= 15 is 0 Å². The largest absolute Gasteiger partial charge is 0.447 e. The van der Waals surface area contributed by atoms with Crippen molar-refractivity contribution in [3.8, 4) is 5.75 Å². The van der Waals surface area contributed by atoms with E-state index < -0.39 is 18.0 Å². The van der Waals surface area contributed by atoms with Crippen LogP contribution >= 0.6 is 31.9 Å². The molecular weight excluding hydrogens is 432 g/mol. The maximum absolute atomic E-state index is 12.3. The molecule has 5 nitrogen and oxygen atoms in total. The maximum Gasteiger partial charge on any atom is 0.352 e. The third-order valence-electron chi connectivity index (χ3n) is 2.78. The minimum atomic E-state index is -1.06. The zero-order valence-electron chi connectivity index (χ0n) is 12.7. The van der Waals surface area contributed by atoms with Crippen molar-refractivity contribution in [2.24, 2.45) is 0 Å². The van der Waals surface area contributed by atoms with Crippen LogP contribution in [0.2, 0.25) is 0 Å². The van der Waals surface area contributed by atoms with Gasteiger partial charge in [-0.3, -0.25) is 4.79 Å². The molecule has 0 saturated heterocycles. The fourth-order valence-corrected chi connectivity index (χ4v) is 3.00. The predicted molar refractivity (Wildman–Crippen MR) is 92.5 cm³/mol. The summed E-state index contributed by atoms with van der Waals surface area (Å²) in [5.41, 5.74) is 0.387. The van der Waals surface area contributed by atoms with Crippen LogP contribution in [0.4, 0.5) is 0 Å². The third kappa shape index (κ3) is 5.58. The van der Waals surface area contributed by atoms with Gasteiger partial charge in [0.05, 0.1) is 10.0 Å². The molecular formula is C16H16Br2O5. The van der Waals surface area contributed by atoms with Crippen LogP contribution in [0, 0.1) is 0 Å². The summed E-state index contributed by atoms with van der Waals surface area (Å²) >= 11 is 6.49. The van der Waals surface area contributed by atoms with Crippen LogP contribution in [0.1, 0.15) is 37.0 Å². The van der Waals surface area contributed by atoms with E-state index in [4.69, 9.17) is 9.47 Å². The van der Waals surface area contributed by atoms with E-state index in [-0.39, 0.29) is 16.9 Å². The van der Waals surface area contributed by atoms with Gasteiger partial charge in [-0.15, -0.1) is 0 Å². The molecule has 1 unspecified atom stereocenters. The Bertz CT molecular complexity index is 640. The van der Waals surface area contributed by atoms with Gasteiger partial charge in [0, 0.05) is 10.0 Å². The normalized spacial score (nSPS) is 11.5.